The van der Waals surface area contributed by atoms with E-state index in [9.17, 15) is 9.90 Å². The van der Waals surface area contributed by atoms with Crippen molar-refractivity contribution >= 4 is 5.97 Å². The van der Waals surface area contributed by atoms with Gasteiger partial charge in [-0.1, -0.05) is 0 Å². The molecule has 78 valence electrons. The lowest BCUT2D eigenvalue weighted by molar-refractivity contribution is -0.140. The zero-order chi connectivity index (χ0) is 10.9. The van der Waals surface area contributed by atoms with E-state index in [0.29, 0.717) is 5.82 Å². The lowest BCUT2D eigenvalue weighted by Crippen LogP contribution is -2.20. The van der Waals surface area contributed by atoms with Crippen LogP contribution in [0.5, 0.6) is 0 Å². The second-order valence-electron chi connectivity index (χ2n) is 3.17. The summed E-state index contributed by atoms with van der Waals surface area (Å²) in [4.78, 5) is 10.8. The summed E-state index contributed by atoms with van der Waals surface area (Å²) in [6, 6.07) is -0.769. The summed E-state index contributed by atoms with van der Waals surface area (Å²) in [6.07, 6.45) is -0.821. The van der Waals surface area contributed by atoms with Crippen LogP contribution in [0.1, 0.15) is 37.6 Å². The summed E-state index contributed by atoms with van der Waals surface area (Å²) in [6.45, 7) is 4.69. The van der Waals surface area contributed by atoms with Gasteiger partial charge in [0.15, 0.2) is 5.82 Å². The molecule has 0 amide bonds. The van der Waals surface area contributed by atoms with Crippen molar-refractivity contribution in [2.24, 2.45) is 0 Å². The number of nitrogens with zero attached hydrogens (tertiary/aromatic N) is 3. The number of carbonyl (C=O) groups is 1. The van der Waals surface area contributed by atoms with Gasteiger partial charge in [0.25, 0.3) is 0 Å². The fourth-order valence-electron chi connectivity index (χ4n) is 1.26. The molecule has 0 saturated carbocycles. The molecular weight excluding hydrogens is 186 g/mol. The van der Waals surface area contributed by atoms with Gasteiger partial charge in [0, 0.05) is 0 Å². The number of aliphatic hydroxyl groups is 1. The van der Waals surface area contributed by atoms with Crippen molar-refractivity contribution in [3.8, 4) is 0 Å². The van der Waals surface area contributed by atoms with Gasteiger partial charge in [-0.25, -0.2) is 4.79 Å². The third-order valence-electron chi connectivity index (χ3n) is 2.01. The van der Waals surface area contributed by atoms with Gasteiger partial charge in [0.2, 0.25) is 0 Å². The molecule has 2 unspecified atom stereocenters. The van der Waals surface area contributed by atoms with E-state index in [1.807, 2.05) is 0 Å². The molecule has 0 aliphatic rings. The zero-order valence-electron chi connectivity index (χ0n) is 8.30. The highest BCUT2D eigenvalue weighted by molar-refractivity contribution is 5.71. The number of aryl methyl sites for hydroxylation is 1. The summed E-state index contributed by atoms with van der Waals surface area (Å²) in [5.74, 6) is -0.219. The highest BCUT2D eigenvalue weighted by Crippen LogP contribution is 2.17. The first-order valence-corrected chi connectivity index (χ1v) is 4.27. The predicted molar refractivity (Wildman–Crippen MR) is 47.7 cm³/mol. The smallest absolute Gasteiger partial charge is 0.326 e. The molecule has 0 radical (unpaired) electrons. The molecule has 0 fully saturated rings. The maximum Gasteiger partial charge on any atom is 0.326 e. The topological polar surface area (TPSA) is 88.2 Å². The fourth-order valence-corrected chi connectivity index (χ4v) is 1.26. The number of rotatable bonds is 3. The van der Waals surface area contributed by atoms with E-state index < -0.39 is 18.1 Å². The Labute approximate surface area is 81.2 Å². The summed E-state index contributed by atoms with van der Waals surface area (Å²) in [5.41, 5.74) is 0. The quantitative estimate of drug-likeness (QED) is 0.730. The Balaban J connectivity index is 3.17. The Kier molecular flexibility index (Phi) is 2.85. The van der Waals surface area contributed by atoms with Gasteiger partial charge in [-0.15, -0.1) is 10.2 Å². The van der Waals surface area contributed by atoms with Crippen LogP contribution in [0.25, 0.3) is 0 Å². The molecule has 1 aromatic heterocycles. The van der Waals surface area contributed by atoms with Crippen molar-refractivity contribution in [1.29, 1.82) is 0 Å². The molecular formula is C8H13N3O3. The van der Waals surface area contributed by atoms with Crippen molar-refractivity contribution in [2.45, 2.75) is 32.9 Å². The molecule has 0 aliphatic carbocycles. The number of carboxylic acid groups (broad SMARTS) is 1. The minimum Gasteiger partial charge on any atom is -0.480 e. The van der Waals surface area contributed by atoms with Gasteiger partial charge >= 0.3 is 5.97 Å². The van der Waals surface area contributed by atoms with Crippen molar-refractivity contribution in [1.82, 2.24) is 14.8 Å². The van der Waals surface area contributed by atoms with Crippen LogP contribution in [0.15, 0.2) is 0 Å². The third-order valence-corrected chi connectivity index (χ3v) is 2.01. The SMILES string of the molecule is Cc1nnc(C(C)O)n1C(C)C(=O)O. The first-order valence-electron chi connectivity index (χ1n) is 4.27. The highest BCUT2D eigenvalue weighted by atomic mass is 16.4. The van der Waals surface area contributed by atoms with Crippen LogP contribution in [-0.2, 0) is 4.79 Å². The lowest BCUT2D eigenvalue weighted by Gasteiger charge is -2.13. The standard InChI is InChI=1S/C8H13N3O3/c1-4(8(13)14)11-6(3)9-10-7(11)5(2)12/h4-5,12H,1-3H3,(H,13,14). The van der Waals surface area contributed by atoms with E-state index in [0.717, 1.165) is 0 Å². The minimum absolute atomic E-state index is 0.275. The Morgan fingerprint density at radius 2 is 2.00 bits per heavy atom. The molecule has 6 heteroatoms. The van der Waals surface area contributed by atoms with Crippen molar-refractivity contribution in [2.75, 3.05) is 0 Å². The molecule has 0 saturated heterocycles. The lowest BCUT2D eigenvalue weighted by atomic mass is 10.3. The fraction of sp³-hybridized carbons (Fsp3) is 0.625. The maximum atomic E-state index is 10.8. The maximum absolute atomic E-state index is 10.8. The van der Waals surface area contributed by atoms with Crippen LogP contribution in [0.3, 0.4) is 0 Å². The molecule has 2 N–H and O–H groups in total. The summed E-state index contributed by atoms with van der Waals surface area (Å²) >= 11 is 0. The first kappa shape index (κ1) is 10.6. The molecule has 0 bridgehead atoms. The number of carboxylic acids is 1. The normalized spacial score (nSPS) is 15.1. The molecule has 6 nitrogen and oxygen atoms in total. The van der Waals surface area contributed by atoms with Crippen LogP contribution >= 0.6 is 0 Å². The Bertz CT molecular complexity index is 346. The first-order chi connectivity index (χ1) is 6.45. The minimum atomic E-state index is -0.977. The predicted octanol–water partition coefficient (Wildman–Crippen LogP) is 0.285. The summed E-state index contributed by atoms with van der Waals surface area (Å²) < 4.78 is 1.41. The number of hydrogen-bond acceptors (Lipinski definition) is 4. The molecule has 1 rings (SSSR count). The second-order valence-corrected chi connectivity index (χ2v) is 3.17. The molecule has 1 heterocycles. The molecule has 0 spiro atoms. The van der Waals surface area contributed by atoms with Crippen LogP contribution < -0.4 is 0 Å². The number of aliphatic hydroxyl groups excluding tert-OH is 1. The summed E-state index contributed by atoms with van der Waals surface area (Å²) in [5, 5.41) is 25.6. The average molecular weight is 199 g/mol. The third kappa shape index (κ3) is 1.74. The molecule has 1 aromatic rings. The van der Waals surface area contributed by atoms with E-state index in [1.165, 1.54) is 18.4 Å². The number of aliphatic carboxylic acids is 1. The second kappa shape index (κ2) is 3.75. The Morgan fingerprint density at radius 1 is 1.43 bits per heavy atom. The van der Waals surface area contributed by atoms with E-state index in [-0.39, 0.29) is 5.82 Å². The van der Waals surface area contributed by atoms with Crippen LogP contribution in [0.4, 0.5) is 0 Å². The van der Waals surface area contributed by atoms with Gasteiger partial charge in [-0.2, -0.15) is 0 Å². The molecule has 0 aromatic carbocycles. The van der Waals surface area contributed by atoms with E-state index in [1.54, 1.807) is 6.92 Å². The zero-order valence-corrected chi connectivity index (χ0v) is 8.30. The van der Waals surface area contributed by atoms with Gasteiger partial charge in [-0.05, 0) is 20.8 Å². The van der Waals surface area contributed by atoms with Gasteiger partial charge < -0.3 is 10.2 Å². The van der Waals surface area contributed by atoms with E-state index in [4.69, 9.17) is 5.11 Å². The monoisotopic (exact) mass is 199 g/mol. The number of hydrogen-bond donors (Lipinski definition) is 2. The largest absolute Gasteiger partial charge is 0.480 e. The van der Waals surface area contributed by atoms with Gasteiger partial charge in [0.05, 0.1) is 0 Å². The van der Waals surface area contributed by atoms with Gasteiger partial charge in [-0.3, -0.25) is 4.57 Å². The van der Waals surface area contributed by atoms with Crippen molar-refractivity contribution in [3.05, 3.63) is 11.6 Å². The molecule has 0 aliphatic heterocycles. The van der Waals surface area contributed by atoms with Crippen LogP contribution in [0, 0.1) is 6.92 Å². The molecule has 2 atom stereocenters. The van der Waals surface area contributed by atoms with Crippen LogP contribution in [0.2, 0.25) is 0 Å². The van der Waals surface area contributed by atoms with E-state index in [2.05, 4.69) is 10.2 Å². The average Bonchev–Trinajstić information content (AvgIpc) is 2.45. The highest BCUT2D eigenvalue weighted by Gasteiger charge is 2.22. The molecule has 14 heavy (non-hydrogen) atoms. The van der Waals surface area contributed by atoms with Gasteiger partial charge in [0.1, 0.15) is 18.0 Å². The number of aromatic nitrogens is 3. The summed E-state index contributed by atoms with van der Waals surface area (Å²) in [7, 11) is 0. The van der Waals surface area contributed by atoms with Crippen LogP contribution in [-0.4, -0.2) is 30.9 Å². The van der Waals surface area contributed by atoms with E-state index >= 15 is 0 Å². The Hall–Kier alpha value is -1.43. The van der Waals surface area contributed by atoms with Crippen molar-refractivity contribution < 1.29 is 15.0 Å². The van der Waals surface area contributed by atoms with Crippen molar-refractivity contribution in [3.63, 3.8) is 0 Å². The Morgan fingerprint density at radius 3 is 2.43 bits per heavy atom.